The van der Waals surface area contributed by atoms with Gasteiger partial charge in [0.15, 0.2) is 0 Å². The molecule has 0 spiro atoms. The number of fused-ring (bicyclic) bond motifs is 3. The summed E-state index contributed by atoms with van der Waals surface area (Å²) in [5, 5.41) is 3.25. The predicted octanol–water partition coefficient (Wildman–Crippen LogP) is 2.85. The van der Waals surface area contributed by atoms with Gasteiger partial charge in [-0.2, -0.15) is 0 Å². The van der Waals surface area contributed by atoms with Gasteiger partial charge in [-0.1, -0.05) is 6.07 Å². The molecule has 2 aromatic carbocycles. The van der Waals surface area contributed by atoms with Crippen LogP contribution in [-0.4, -0.2) is 51.8 Å². The summed E-state index contributed by atoms with van der Waals surface area (Å²) in [5.41, 5.74) is 3.62. The van der Waals surface area contributed by atoms with E-state index in [1.807, 2.05) is 18.2 Å². The number of benzene rings is 2. The van der Waals surface area contributed by atoms with Gasteiger partial charge in [-0.25, -0.2) is 0 Å². The lowest BCUT2D eigenvalue weighted by molar-refractivity contribution is -0.126. The maximum atomic E-state index is 13.2. The minimum Gasteiger partial charge on any atom is -0.497 e. The first kappa shape index (κ1) is 19.1. The number of rotatable bonds is 5. The van der Waals surface area contributed by atoms with Crippen LogP contribution in [0.15, 0.2) is 42.5 Å². The zero-order valence-corrected chi connectivity index (χ0v) is 17.6. The van der Waals surface area contributed by atoms with Gasteiger partial charge in [0.25, 0.3) is 0 Å². The van der Waals surface area contributed by atoms with Gasteiger partial charge < -0.3 is 24.6 Å². The average molecular weight is 408 g/mol. The van der Waals surface area contributed by atoms with Gasteiger partial charge in [-0.05, 0) is 55.2 Å². The van der Waals surface area contributed by atoms with E-state index in [4.69, 9.17) is 9.47 Å². The topological polar surface area (TPSA) is 54.0 Å². The number of piperazine rings is 1. The number of hydrogen-bond donors (Lipinski definition) is 1. The van der Waals surface area contributed by atoms with Crippen LogP contribution in [0.4, 0.5) is 11.4 Å². The number of amides is 1. The van der Waals surface area contributed by atoms with Crippen LogP contribution in [0.5, 0.6) is 11.5 Å². The molecule has 2 atom stereocenters. The molecule has 1 saturated heterocycles. The highest BCUT2D eigenvalue weighted by Crippen LogP contribution is 2.39. The normalized spacial score (nSPS) is 22.7. The average Bonchev–Trinajstić information content (AvgIpc) is 3.61. The molecule has 2 fully saturated rings. The van der Waals surface area contributed by atoms with Crippen molar-refractivity contribution in [2.45, 2.75) is 31.3 Å². The molecule has 0 aromatic heterocycles. The van der Waals surface area contributed by atoms with Gasteiger partial charge in [0.2, 0.25) is 5.91 Å². The number of nitrogens with one attached hydrogen (secondary N) is 1. The maximum Gasteiger partial charge on any atom is 0.225 e. The Morgan fingerprint density at radius 3 is 2.43 bits per heavy atom. The number of carbonyl (C=O) groups is 1. The Labute approximate surface area is 177 Å². The minimum absolute atomic E-state index is 0.0486. The van der Waals surface area contributed by atoms with Crippen LogP contribution in [0.1, 0.15) is 18.4 Å². The second kappa shape index (κ2) is 7.74. The lowest BCUT2D eigenvalue weighted by atomic mass is 9.83. The fraction of sp³-hybridized carbons (Fsp3) is 0.458. The SMILES string of the molecule is COc1ccc(N2CCN3c4cc(OC)ccc4CC(C(=O)NC4CC4)C3C2)cc1. The number of ether oxygens (including phenoxy) is 2. The Bertz CT molecular complexity index is 926. The molecule has 2 aromatic rings. The number of hydrogen-bond acceptors (Lipinski definition) is 5. The van der Waals surface area contributed by atoms with E-state index in [1.54, 1.807) is 14.2 Å². The molecule has 6 heteroatoms. The number of nitrogens with zero attached hydrogens (tertiary/aromatic N) is 2. The van der Waals surface area contributed by atoms with Crippen LogP contribution in [0, 0.1) is 5.92 Å². The minimum atomic E-state index is -0.0486. The molecule has 2 heterocycles. The Balaban J connectivity index is 1.44. The van der Waals surface area contributed by atoms with Gasteiger partial charge in [0.05, 0.1) is 26.2 Å². The molecule has 1 saturated carbocycles. The van der Waals surface area contributed by atoms with E-state index in [0.29, 0.717) is 6.04 Å². The first-order chi connectivity index (χ1) is 14.7. The third kappa shape index (κ3) is 3.55. The van der Waals surface area contributed by atoms with Gasteiger partial charge in [0, 0.05) is 43.1 Å². The first-order valence-corrected chi connectivity index (χ1v) is 10.8. The summed E-state index contributed by atoms with van der Waals surface area (Å²) in [6.45, 7) is 2.62. The zero-order valence-electron chi connectivity index (χ0n) is 17.6. The summed E-state index contributed by atoms with van der Waals surface area (Å²) in [7, 11) is 3.39. The molecule has 2 unspecified atom stereocenters. The second-order valence-electron chi connectivity index (χ2n) is 8.49. The monoisotopic (exact) mass is 407 g/mol. The molecule has 1 amide bonds. The molecule has 0 radical (unpaired) electrons. The summed E-state index contributed by atoms with van der Waals surface area (Å²) >= 11 is 0. The van der Waals surface area contributed by atoms with Gasteiger partial charge in [-0.15, -0.1) is 0 Å². The quantitative estimate of drug-likeness (QED) is 0.826. The van der Waals surface area contributed by atoms with Crippen molar-refractivity contribution in [1.29, 1.82) is 0 Å². The summed E-state index contributed by atoms with van der Waals surface area (Å²) in [6, 6.07) is 15.0. The van der Waals surface area contributed by atoms with E-state index in [1.165, 1.54) is 16.9 Å². The Hall–Kier alpha value is -2.89. The fourth-order valence-corrected chi connectivity index (χ4v) is 4.77. The van der Waals surface area contributed by atoms with Crippen molar-refractivity contribution in [3.8, 4) is 11.5 Å². The van der Waals surface area contributed by atoms with Crippen molar-refractivity contribution < 1.29 is 14.3 Å². The second-order valence-corrected chi connectivity index (χ2v) is 8.49. The lowest BCUT2D eigenvalue weighted by Crippen LogP contribution is -2.61. The molecule has 158 valence electrons. The van der Waals surface area contributed by atoms with Crippen molar-refractivity contribution >= 4 is 17.3 Å². The predicted molar refractivity (Wildman–Crippen MR) is 118 cm³/mol. The summed E-state index contributed by atoms with van der Waals surface area (Å²) in [4.78, 5) is 18.0. The Morgan fingerprint density at radius 1 is 1.00 bits per heavy atom. The van der Waals surface area contributed by atoms with Crippen molar-refractivity contribution in [2.75, 3.05) is 43.7 Å². The molecule has 1 aliphatic carbocycles. The highest BCUT2D eigenvalue weighted by molar-refractivity contribution is 5.83. The van der Waals surface area contributed by atoms with Crippen LogP contribution in [0.25, 0.3) is 0 Å². The van der Waals surface area contributed by atoms with Crippen molar-refractivity contribution in [3.05, 3.63) is 48.0 Å². The first-order valence-electron chi connectivity index (χ1n) is 10.8. The fourth-order valence-electron chi connectivity index (χ4n) is 4.77. The summed E-state index contributed by atoms with van der Waals surface area (Å²) in [5.74, 6) is 1.88. The highest BCUT2D eigenvalue weighted by Gasteiger charge is 2.42. The molecular weight excluding hydrogens is 378 g/mol. The number of carbonyl (C=O) groups excluding carboxylic acids is 1. The maximum absolute atomic E-state index is 13.2. The standard InChI is InChI=1S/C24H29N3O3/c1-29-19-9-6-18(7-10-19)26-11-12-27-22-14-20(30-2)8-3-16(22)13-21(23(27)15-26)24(28)25-17-4-5-17/h3,6-10,14,17,21,23H,4-5,11-13,15H2,1-2H3,(H,25,28). The van der Waals surface area contributed by atoms with Gasteiger partial charge >= 0.3 is 0 Å². The van der Waals surface area contributed by atoms with E-state index in [2.05, 4.69) is 39.4 Å². The van der Waals surface area contributed by atoms with E-state index in [-0.39, 0.29) is 17.9 Å². The van der Waals surface area contributed by atoms with Gasteiger partial charge in [0.1, 0.15) is 11.5 Å². The van der Waals surface area contributed by atoms with Crippen molar-refractivity contribution in [2.24, 2.45) is 5.92 Å². The van der Waals surface area contributed by atoms with Crippen LogP contribution < -0.4 is 24.6 Å². The van der Waals surface area contributed by atoms with Crippen LogP contribution in [0.2, 0.25) is 0 Å². The van der Waals surface area contributed by atoms with Crippen LogP contribution >= 0.6 is 0 Å². The molecule has 5 rings (SSSR count). The molecule has 30 heavy (non-hydrogen) atoms. The third-order valence-corrected chi connectivity index (χ3v) is 6.62. The van der Waals surface area contributed by atoms with Crippen molar-refractivity contribution in [3.63, 3.8) is 0 Å². The highest BCUT2D eigenvalue weighted by atomic mass is 16.5. The lowest BCUT2D eigenvalue weighted by Gasteiger charge is -2.49. The molecule has 3 aliphatic rings. The molecule has 6 nitrogen and oxygen atoms in total. The van der Waals surface area contributed by atoms with E-state index >= 15 is 0 Å². The molecule has 0 bridgehead atoms. The van der Waals surface area contributed by atoms with E-state index < -0.39 is 0 Å². The molecule has 1 N–H and O–H groups in total. The van der Waals surface area contributed by atoms with Crippen LogP contribution in [0.3, 0.4) is 0 Å². The van der Waals surface area contributed by atoms with E-state index in [9.17, 15) is 4.79 Å². The smallest absolute Gasteiger partial charge is 0.225 e. The Morgan fingerprint density at radius 2 is 1.73 bits per heavy atom. The summed E-state index contributed by atoms with van der Waals surface area (Å²) < 4.78 is 10.8. The molecular formula is C24H29N3O3. The Kier molecular flexibility index (Phi) is 4.93. The van der Waals surface area contributed by atoms with Crippen LogP contribution in [-0.2, 0) is 11.2 Å². The number of anilines is 2. The third-order valence-electron chi connectivity index (χ3n) is 6.62. The largest absolute Gasteiger partial charge is 0.497 e. The molecule has 2 aliphatic heterocycles. The van der Waals surface area contributed by atoms with E-state index in [0.717, 1.165) is 50.4 Å². The number of methoxy groups -OCH3 is 2. The van der Waals surface area contributed by atoms with Crippen molar-refractivity contribution in [1.82, 2.24) is 5.32 Å². The summed E-state index contributed by atoms with van der Waals surface area (Å²) in [6.07, 6.45) is 2.99. The zero-order chi connectivity index (χ0) is 20.7. The van der Waals surface area contributed by atoms with Gasteiger partial charge in [-0.3, -0.25) is 4.79 Å².